The monoisotopic (exact) mass is 427 g/mol. The van der Waals surface area contributed by atoms with Crippen LogP contribution in [0.15, 0.2) is 24.4 Å². The Kier molecular flexibility index (Phi) is 6.55. The van der Waals surface area contributed by atoms with Crippen LogP contribution in [0.1, 0.15) is 50.6 Å². The molecular formula is C23H33N5O3. The lowest BCUT2D eigenvalue weighted by atomic mass is 9.82. The Morgan fingerprint density at radius 3 is 2.61 bits per heavy atom. The summed E-state index contributed by atoms with van der Waals surface area (Å²) in [5, 5.41) is 2.88. The number of rotatable bonds is 6. The molecule has 3 fully saturated rings. The molecule has 168 valence electrons. The van der Waals surface area contributed by atoms with Crippen molar-refractivity contribution in [3.8, 4) is 0 Å². The van der Waals surface area contributed by atoms with Gasteiger partial charge in [-0.05, 0) is 37.8 Å². The lowest BCUT2D eigenvalue weighted by Crippen LogP contribution is -2.50. The number of hydrogen-bond acceptors (Lipinski definition) is 5. The number of likely N-dealkylation sites (tertiary alicyclic amines) is 1. The van der Waals surface area contributed by atoms with E-state index in [1.165, 1.54) is 0 Å². The predicted molar refractivity (Wildman–Crippen MR) is 116 cm³/mol. The van der Waals surface area contributed by atoms with E-state index in [1.54, 1.807) is 11.9 Å². The van der Waals surface area contributed by atoms with Crippen molar-refractivity contribution < 1.29 is 14.4 Å². The molecular weight excluding hydrogens is 394 g/mol. The molecule has 4 rings (SSSR count). The predicted octanol–water partition coefficient (Wildman–Crippen LogP) is 1.80. The number of piperidine rings is 1. The molecule has 4 amide bonds. The van der Waals surface area contributed by atoms with Crippen molar-refractivity contribution in [2.75, 3.05) is 33.2 Å². The molecule has 0 atom stereocenters. The number of urea groups is 1. The Balaban J connectivity index is 1.25. The summed E-state index contributed by atoms with van der Waals surface area (Å²) in [4.78, 5) is 47.9. The SMILES string of the molecule is CN(C(=O)CN1C(=O)NC2(CCCCC2)C1=O)C1CCN(CCc2ccccn2)CC1. The van der Waals surface area contributed by atoms with E-state index < -0.39 is 11.6 Å². The minimum Gasteiger partial charge on any atom is -0.341 e. The third-order valence-electron chi connectivity index (χ3n) is 7.15. The second-order valence-electron chi connectivity index (χ2n) is 9.11. The molecule has 0 aromatic carbocycles. The minimum atomic E-state index is -0.771. The van der Waals surface area contributed by atoms with E-state index in [-0.39, 0.29) is 24.4 Å². The van der Waals surface area contributed by atoms with Gasteiger partial charge in [-0.3, -0.25) is 19.5 Å². The Labute approximate surface area is 184 Å². The summed E-state index contributed by atoms with van der Waals surface area (Å²) < 4.78 is 0. The van der Waals surface area contributed by atoms with E-state index in [9.17, 15) is 14.4 Å². The van der Waals surface area contributed by atoms with E-state index >= 15 is 0 Å². The number of nitrogens with zero attached hydrogens (tertiary/aromatic N) is 4. The van der Waals surface area contributed by atoms with Gasteiger partial charge in [-0.25, -0.2) is 4.79 Å². The fourth-order valence-electron chi connectivity index (χ4n) is 5.11. The molecule has 8 heteroatoms. The molecule has 2 aliphatic heterocycles. The summed E-state index contributed by atoms with van der Waals surface area (Å²) in [5.74, 6) is -0.383. The highest BCUT2D eigenvalue weighted by atomic mass is 16.2. The molecule has 1 aliphatic carbocycles. The average molecular weight is 428 g/mol. The van der Waals surface area contributed by atoms with Crippen molar-refractivity contribution in [2.45, 2.75) is 62.9 Å². The zero-order chi connectivity index (χ0) is 21.8. The molecule has 31 heavy (non-hydrogen) atoms. The van der Waals surface area contributed by atoms with Gasteiger partial charge in [0.1, 0.15) is 12.1 Å². The fraction of sp³-hybridized carbons (Fsp3) is 0.652. The third-order valence-corrected chi connectivity index (χ3v) is 7.15. The summed E-state index contributed by atoms with van der Waals surface area (Å²) in [6.07, 6.45) is 8.86. The maximum atomic E-state index is 12.9. The van der Waals surface area contributed by atoms with Crippen LogP contribution in [0.4, 0.5) is 4.79 Å². The lowest BCUT2D eigenvalue weighted by molar-refractivity contribution is -0.140. The van der Waals surface area contributed by atoms with Crippen molar-refractivity contribution in [3.63, 3.8) is 0 Å². The fourth-order valence-corrected chi connectivity index (χ4v) is 5.11. The van der Waals surface area contributed by atoms with Gasteiger partial charge in [-0.2, -0.15) is 0 Å². The molecule has 3 aliphatic rings. The maximum absolute atomic E-state index is 12.9. The third kappa shape index (κ3) is 4.74. The average Bonchev–Trinajstić information content (AvgIpc) is 3.02. The molecule has 2 saturated heterocycles. The van der Waals surface area contributed by atoms with Crippen LogP contribution in [0.2, 0.25) is 0 Å². The number of likely N-dealkylation sites (N-methyl/N-ethyl adjacent to an activating group) is 1. The van der Waals surface area contributed by atoms with Crippen LogP contribution in [0.3, 0.4) is 0 Å². The zero-order valence-corrected chi connectivity index (χ0v) is 18.4. The molecule has 1 saturated carbocycles. The van der Waals surface area contributed by atoms with Gasteiger partial charge in [0.15, 0.2) is 0 Å². The Morgan fingerprint density at radius 2 is 1.94 bits per heavy atom. The van der Waals surface area contributed by atoms with Crippen LogP contribution >= 0.6 is 0 Å². The zero-order valence-electron chi connectivity index (χ0n) is 18.4. The second kappa shape index (κ2) is 9.34. The summed E-state index contributed by atoms with van der Waals surface area (Å²) in [5.41, 5.74) is 0.328. The quantitative estimate of drug-likeness (QED) is 0.700. The van der Waals surface area contributed by atoms with Crippen molar-refractivity contribution in [3.05, 3.63) is 30.1 Å². The molecule has 1 spiro atoms. The Morgan fingerprint density at radius 1 is 1.19 bits per heavy atom. The molecule has 8 nitrogen and oxygen atoms in total. The van der Waals surface area contributed by atoms with Crippen LogP contribution in [-0.2, 0) is 16.0 Å². The van der Waals surface area contributed by atoms with E-state index in [0.717, 1.165) is 68.8 Å². The summed E-state index contributed by atoms with van der Waals surface area (Å²) in [6.45, 7) is 2.66. The van der Waals surface area contributed by atoms with Crippen molar-refractivity contribution in [1.82, 2.24) is 25.0 Å². The number of aromatic nitrogens is 1. The number of amides is 4. The van der Waals surface area contributed by atoms with Crippen LogP contribution < -0.4 is 5.32 Å². The first kappa shape index (κ1) is 21.7. The summed E-state index contributed by atoms with van der Waals surface area (Å²) in [6, 6.07) is 5.71. The summed E-state index contributed by atoms with van der Waals surface area (Å²) >= 11 is 0. The first-order valence-corrected chi connectivity index (χ1v) is 11.5. The number of hydrogen-bond donors (Lipinski definition) is 1. The maximum Gasteiger partial charge on any atom is 0.325 e. The molecule has 1 aromatic rings. The number of nitrogens with one attached hydrogen (secondary N) is 1. The molecule has 1 aromatic heterocycles. The smallest absolute Gasteiger partial charge is 0.325 e. The highest BCUT2D eigenvalue weighted by Crippen LogP contribution is 2.33. The molecule has 3 heterocycles. The van der Waals surface area contributed by atoms with Crippen LogP contribution in [-0.4, -0.2) is 82.3 Å². The van der Waals surface area contributed by atoms with Crippen LogP contribution in [0.5, 0.6) is 0 Å². The van der Waals surface area contributed by atoms with Gasteiger partial charge in [0.05, 0.1) is 0 Å². The number of carbonyl (C=O) groups excluding carboxylic acids is 3. The summed E-state index contributed by atoms with van der Waals surface area (Å²) in [7, 11) is 1.80. The number of carbonyl (C=O) groups is 3. The Hall–Kier alpha value is -2.48. The molecule has 1 N–H and O–H groups in total. The van der Waals surface area contributed by atoms with Crippen molar-refractivity contribution >= 4 is 17.8 Å². The van der Waals surface area contributed by atoms with Gasteiger partial charge in [0, 0.05) is 51.0 Å². The van der Waals surface area contributed by atoms with Crippen LogP contribution in [0, 0.1) is 0 Å². The van der Waals surface area contributed by atoms with Gasteiger partial charge in [0.25, 0.3) is 5.91 Å². The highest BCUT2D eigenvalue weighted by molar-refractivity contribution is 6.09. The van der Waals surface area contributed by atoms with E-state index in [1.807, 2.05) is 24.4 Å². The first-order chi connectivity index (χ1) is 15.0. The largest absolute Gasteiger partial charge is 0.341 e. The second-order valence-corrected chi connectivity index (χ2v) is 9.11. The van der Waals surface area contributed by atoms with E-state index in [2.05, 4.69) is 15.2 Å². The van der Waals surface area contributed by atoms with Gasteiger partial charge in [-0.15, -0.1) is 0 Å². The number of imide groups is 1. The van der Waals surface area contributed by atoms with Crippen molar-refractivity contribution in [1.29, 1.82) is 0 Å². The van der Waals surface area contributed by atoms with Gasteiger partial charge < -0.3 is 15.1 Å². The van der Waals surface area contributed by atoms with E-state index in [0.29, 0.717) is 12.8 Å². The topological polar surface area (TPSA) is 85.8 Å². The van der Waals surface area contributed by atoms with Gasteiger partial charge >= 0.3 is 6.03 Å². The lowest BCUT2D eigenvalue weighted by Gasteiger charge is -2.37. The molecule has 0 unspecified atom stereocenters. The Bertz CT molecular complexity index is 801. The molecule has 0 bridgehead atoms. The number of pyridine rings is 1. The van der Waals surface area contributed by atoms with Gasteiger partial charge in [-0.1, -0.05) is 25.3 Å². The van der Waals surface area contributed by atoms with Crippen LogP contribution in [0.25, 0.3) is 0 Å². The van der Waals surface area contributed by atoms with Gasteiger partial charge in [0.2, 0.25) is 5.91 Å². The standard InChI is InChI=1S/C23H33N5O3/c1-26(19-9-15-27(16-10-19)14-8-18-7-3-6-13-24-18)20(29)17-28-21(30)23(25-22(28)31)11-4-2-5-12-23/h3,6-7,13,19H,2,4-5,8-12,14-17H2,1H3,(H,25,31). The van der Waals surface area contributed by atoms with Crippen molar-refractivity contribution in [2.24, 2.45) is 0 Å². The highest BCUT2D eigenvalue weighted by Gasteiger charge is 2.51. The normalized spacial score (nSPS) is 22.0. The molecule has 0 radical (unpaired) electrons. The minimum absolute atomic E-state index is 0.142. The van der Waals surface area contributed by atoms with E-state index in [4.69, 9.17) is 0 Å². The first-order valence-electron chi connectivity index (χ1n) is 11.5.